The topological polar surface area (TPSA) is 144 Å². The molecule has 0 aromatic heterocycles. The van der Waals surface area contributed by atoms with E-state index < -0.39 is 71.9 Å². The summed E-state index contributed by atoms with van der Waals surface area (Å²) < 4.78 is 50.2. The third kappa shape index (κ3) is 7.63. The number of benzene rings is 2. The molecule has 3 N–H and O–H groups in total. The SMILES string of the molecule is COc1ccc(S(=O)(=O)N(CC(C)C)CC(O)[C@@H](NC(=O)O[C@H]2CO[C@H]3OCC(O)[C@H]32)[I-]c2ccccc2)cc1. The number of nitrogens with one attached hydrogen (secondary N) is 1. The number of alkyl halides is 1. The van der Waals surface area contributed by atoms with Crippen molar-refractivity contribution in [3.63, 3.8) is 0 Å². The normalized spacial score (nSPS) is 24.2. The van der Waals surface area contributed by atoms with Crippen molar-refractivity contribution < 1.29 is 63.6 Å². The number of fused-ring (bicyclic) bond motifs is 1. The number of nitrogens with zero attached hydrogens (tertiary/aromatic N) is 1. The van der Waals surface area contributed by atoms with E-state index >= 15 is 0 Å². The Morgan fingerprint density at radius 2 is 1.77 bits per heavy atom. The zero-order chi connectivity index (χ0) is 28.9. The number of amides is 1. The number of carbonyl (C=O) groups excluding carboxylic acids is 1. The van der Waals surface area contributed by atoms with Crippen molar-refractivity contribution in [2.24, 2.45) is 11.8 Å². The van der Waals surface area contributed by atoms with Crippen LogP contribution in [0.1, 0.15) is 13.8 Å². The van der Waals surface area contributed by atoms with Gasteiger partial charge in [0.25, 0.3) is 0 Å². The molecule has 2 heterocycles. The van der Waals surface area contributed by atoms with Crippen LogP contribution >= 0.6 is 0 Å². The molecular formula is C27H36IN2O9S-. The molecule has 4 rings (SSSR count). The maximum atomic E-state index is 13.6. The van der Waals surface area contributed by atoms with Gasteiger partial charge >= 0.3 is 246 Å². The Hall–Kier alpha value is -2.01. The predicted octanol–water partition coefficient (Wildman–Crippen LogP) is -1.55. The Labute approximate surface area is 245 Å². The first kappa shape index (κ1) is 30.9. The third-order valence-electron chi connectivity index (χ3n) is 6.53. The number of halogens is 1. The molecule has 0 bridgehead atoms. The van der Waals surface area contributed by atoms with Crippen molar-refractivity contribution in [3.05, 3.63) is 58.2 Å². The molecule has 222 valence electrons. The van der Waals surface area contributed by atoms with Gasteiger partial charge in [0.15, 0.2) is 0 Å². The van der Waals surface area contributed by atoms with Gasteiger partial charge in [-0.05, 0) is 0 Å². The molecule has 2 aliphatic rings. The summed E-state index contributed by atoms with van der Waals surface area (Å²) in [6.07, 6.45) is -4.14. The summed E-state index contributed by atoms with van der Waals surface area (Å²) >= 11 is -1.01. The number of alkyl carbamates (subject to hydrolysis) is 1. The average Bonchev–Trinajstić information content (AvgIpc) is 3.50. The standard InChI is InChI=1S/C27H36IN2O9S/c1-17(2)13-30(40(34,35)20-11-9-19(36-3)10-12-20)14-21(31)25(28-18-7-5-4-6-8-18)29-27(33)39-23-16-38-26-24(23)22(32)15-37-26/h4-12,17,21-26,31-32H,13-16H2,1-3H3,(H,29,33)/q-1/t21?,22?,23-,24-,25+,26+/m0/s1. The number of sulfonamides is 1. The van der Waals surface area contributed by atoms with Crippen LogP contribution < -0.4 is 31.3 Å². The van der Waals surface area contributed by atoms with Crippen molar-refractivity contribution >= 4 is 16.1 Å². The van der Waals surface area contributed by atoms with E-state index in [1.54, 1.807) is 12.1 Å². The molecule has 0 aliphatic carbocycles. The monoisotopic (exact) mass is 691 g/mol. The van der Waals surface area contributed by atoms with Gasteiger partial charge in [0, 0.05) is 0 Å². The second-order valence-corrected chi connectivity index (χ2v) is 15.2. The molecule has 2 fully saturated rings. The Balaban J connectivity index is 1.51. The molecule has 0 radical (unpaired) electrons. The van der Waals surface area contributed by atoms with Gasteiger partial charge in [-0.1, -0.05) is 0 Å². The summed E-state index contributed by atoms with van der Waals surface area (Å²) in [5.41, 5.74) is 0. The van der Waals surface area contributed by atoms with E-state index in [1.807, 2.05) is 44.2 Å². The molecule has 6 atom stereocenters. The minimum atomic E-state index is -3.96. The molecule has 2 saturated heterocycles. The summed E-state index contributed by atoms with van der Waals surface area (Å²) in [5.74, 6) is 0.0189. The molecule has 2 aromatic carbocycles. The van der Waals surface area contributed by atoms with E-state index in [0.29, 0.717) is 5.75 Å². The molecule has 0 spiro atoms. The predicted molar refractivity (Wildman–Crippen MR) is 140 cm³/mol. The molecule has 2 unspecified atom stereocenters. The number of aliphatic hydroxyl groups is 2. The number of aliphatic hydroxyl groups excluding tert-OH is 2. The number of methoxy groups -OCH3 is 1. The van der Waals surface area contributed by atoms with Gasteiger partial charge in [0.2, 0.25) is 0 Å². The van der Waals surface area contributed by atoms with Gasteiger partial charge < -0.3 is 0 Å². The average molecular weight is 692 g/mol. The van der Waals surface area contributed by atoms with Crippen molar-refractivity contribution in [1.29, 1.82) is 0 Å². The van der Waals surface area contributed by atoms with Crippen molar-refractivity contribution in [2.75, 3.05) is 33.4 Å². The fourth-order valence-corrected chi connectivity index (χ4v) is 8.85. The number of ether oxygens (including phenoxy) is 4. The summed E-state index contributed by atoms with van der Waals surface area (Å²) in [5, 5.41) is 24.4. The van der Waals surface area contributed by atoms with Crippen molar-refractivity contribution in [2.45, 2.75) is 47.4 Å². The first-order chi connectivity index (χ1) is 19.1. The number of hydrogen-bond acceptors (Lipinski definition) is 9. The minimum absolute atomic E-state index is 0.0178. The molecule has 0 saturated carbocycles. The van der Waals surface area contributed by atoms with Crippen LogP contribution in [0, 0.1) is 15.4 Å². The summed E-state index contributed by atoms with van der Waals surface area (Å²) in [7, 11) is -2.46. The summed E-state index contributed by atoms with van der Waals surface area (Å²) in [6, 6.07) is 15.5. The van der Waals surface area contributed by atoms with Crippen molar-refractivity contribution in [3.8, 4) is 5.75 Å². The van der Waals surface area contributed by atoms with Crippen LogP contribution in [-0.4, -0.2) is 91.1 Å². The first-order valence-corrected chi connectivity index (χ1v) is 16.7. The second-order valence-electron chi connectivity index (χ2n) is 10.0. The third-order valence-corrected chi connectivity index (χ3v) is 11.6. The summed E-state index contributed by atoms with van der Waals surface area (Å²) in [6.45, 7) is 3.92. The van der Waals surface area contributed by atoms with E-state index in [4.69, 9.17) is 18.9 Å². The molecule has 40 heavy (non-hydrogen) atoms. The molecule has 2 aliphatic heterocycles. The van der Waals surface area contributed by atoms with Crippen LogP contribution in [0.2, 0.25) is 0 Å². The van der Waals surface area contributed by atoms with E-state index in [1.165, 1.54) is 23.5 Å². The van der Waals surface area contributed by atoms with Crippen LogP contribution in [0.25, 0.3) is 0 Å². The van der Waals surface area contributed by atoms with Gasteiger partial charge in [-0.15, -0.1) is 0 Å². The Morgan fingerprint density at radius 3 is 2.42 bits per heavy atom. The second kappa shape index (κ2) is 13.8. The molecule has 1 amide bonds. The maximum absolute atomic E-state index is 13.6. The zero-order valence-electron chi connectivity index (χ0n) is 22.6. The van der Waals surface area contributed by atoms with Crippen LogP contribution in [0.4, 0.5) is 4.79 Å². The fraction of sp³-hybridized carbons (Fsp3) is 0.519. The van der Waals surface area contributed by atoms with Crippen LogP contribution in [0.15, 0.2) is 59.5 Å². The molecule has 2 aromatic rings. The van der Waals surface area contributed by atoms with Crippen LogP contribution in [0.3, 0.4) is 0 Å². The summed E-state index contributed by atoms with van der Waals surface area (Å²) in [4.78, 5) is 13.1. The van der Waals surface area contributed by atoms with Gasteiger partial charge in [-0.3, -0.25) is 0 Å². The Morgan fingerprint density at radius 1 is 1.10 bits per heavy atom. The Bertz CT molecular complexity index is 1220. The van der Waals surface area contributed by atoms with Crippen LogP contribution in [0.5, 0.6) is 5.75 Å². The van der Waals surface area contributed by atoms with E-state index in [9.17, 15) is 23.4 Å². The molecular weight excluding hydrogens is 655 g/mol. The zero-order valence-corrected chi connectivity index (χ0v) is 25.5. The van der Waals surface area contributed by atoms with Gasteiger partial charge in [0.05, 0.1) is 0 Å². The molecule has 11 nitrogen and oxygen atoms in total. The number of carbonyl (C=O) groups is 1. The fourth-order valence-electron chi connectivity index (χ4n) is 4.57. The van der Waals surface area contributed by atoms with Gasteiger partial charge in [-0.2, -0.15) is 0 Å². The quantitative estimate of drug-likeness (QED) is 0.137. The number of rotatable bonds is 12. The van der Waals surface area contributed by atoms with Crippen LogP contribution in [-0.2, 0) is 24.2 Å². The Kier molecular flexibility index (Phi) is 10.6. The molecule has 13 heteroatoms. The van der Waals surface area contributed by atoms with E-state index in [0.717, 1.165) is 3.57 Å². The number of hydrogen-bond donors (Lipinski definition) is 3. The first-order valence-electron chi connectivity index (χ1n) is 13.0. The van der Waals surface area contributed by atoms with Gasteiger partial charge in [0.1, 0.15) is 0 Å². The van der Waals surface area contributed by atoms with E-state index in [-0.39, 0.29) is 37.1 Å². The van der Waals surface area contributed by atoms with E-state index in [2.05, 4.69) is 5.32 Å². The van der Waals surface area contributed by atoms with Crippen molar-refractivity contribution in [1.82, 2.24) is 9.62 Å². The van der Waals surface area contributed by atoms with Gasteiger partial charge in [-0.25, -0.2) is 0 Å².